The van der Waals surface area contributed by atoms with Crippen molar-refractivity contribution in [3.8, 4) is 0 Å². The SMILES string of the molecule is CN(c1cccc(Cl)c1)[Si](C)(C)C. The summed E-state index contributed by atoms with van der Waals surface area (Å²) >= 11 is 5.93. The Hall–Kier alpha value is -0.473. The van der Waals surface area contributed by atoms with Crippen LogP contribution in [0.25, 0.3) is 0 Å². The van der Waals surface area contributed by atoms with E-state index in [0.717, 1.165) is 5.02 Å². The molecule has 0 aliphatic carbocycles. The summed E-state index contributed by atoms with van der Waals surface area (Å²) in [6.07, 6.45) is 0. The molecule has 0 spiro atoms. The van der Waals surface area contributed by atoms with E-state index in [4.69, 9.17) is 11.6 Å². The minimum Gasteiger partial charge on any atom is -0.401 e. The van der Waals surface area contributed by atoms with Gasteiger partial charge in [0.05, 0.1) is 0 Å². The van der Waals surface area contributed by atoms with E-state index in [-0.39, 0.29) is 0 Å². The molecule has 1 aromatic carbocycles. The monoisotopic (exact) mass is 213 g/mol. The van der Waals surface area contributed by atoms with Gasteiger partial charge in [0.2, 0.25) is 0 Å². The average molecular weight is 214 g/mol. The van der Waals surface area contributed by atoms with Gasteiger partial charge in [-0.05, 0) is 25.2 Å². The van der Waals surface area contributed by atoms with E-state index in [1.165, 1.54) is 5.69 Å². The third-order valence-electron chi connectivity index (χ3n) is 2.20. The summed E-state index contributed by atoms with van der Waals surface area (Å²) in [5, 5.41) is 0.808. The molecule has 0 N–H and O–H groups in total. The Morgan fingerprint density at radius 2 is 1.85 bits per heavy atom. The van der Waals surface area contributed by atoms with Crippen molar-refractivity contribution in [3.63, 3.8) is 0 Å². The maximum atomic E-state index is 5.93. The number of hydrogen-bond acceptors (Lipinski definition) is 1. The summed E-state index contributed by atoms with van der Waals surface area (Å²) < 4.78 is 2.35. The van der Waals surface area contributed by atoms with Gasteiger partial charge >= 0.3 is 0 Å². The molecule has 0 aromatic heterocycles. The zero-order chi connectivity index (χ0) is 10.1. The molecule has 0 amide bonds. The highest BCUT2D eigenvalue weighted by atomic mass is 35.5. The second-order valence-corrected chi connectivity index (χ2v) is 9.66. The van der Waals surface area contributed by atoms with Gasteiger partial charge in [-0.1, -0.05) is 37.3 Å². The van der Waals surface area contributed by atoms with Crippen LogP contribution >= 0.6 is 11.6 Å². The molecule has 1 rings (SSSR count). The fourth-order valence-electron chi connectivity index (χ4n) is 1.07. The molecule has 1 aromatic rings. The van der Waals surface area contributed by atoms with Crippen LogP contribution in [0.15, 0.2) is 24.3 Å². The van der Waals surface area contributed by atoms with Gasteiger partial charge in [0.1, 0.15) is 8.24 Å². The van der Waals surface area contributed by atoms with Crippen LogP contribution < -0.4 is 4.57 Å². The van der Waals surface area contributed by atoms with E-state index in [1.807, 2.05) is 18.2 Å². The highest BCUT2D eigenvalue weighted by molar-refractivity contribution is 6.79. The Morgan fingerprint density at radius 1 is 1.23 bits per heavy atom. The van der Waals surface area contributed by atoms with Crippen molar-refractivity contribution in [1.82, 2.24) is 0 Å². The van der Waals surface area contributed by atoms with Gasteiger partial charge in [0.25, 0.3) is 0 Å². The molecular weight excluding hydrogens is 198 g/mol. The standard InChI is InChI=1S/C10H16ClNSi/c1-12(13(2,3)4)10-7-5-6-9(11)8-10/h5-8H,1-4H3. The lowest BCUT2D eigenvalue weighted by molar-refractivity contribution is 1.25. The van der Waals surface area contributed by atoms with Gasteiger partial charge in [-0.2, -0.15) is 0 Å². The van der Waals surface area contributed by atoms with Crippen molar-refractivity contribution in [2.75, 3.05) is 11.6 Å². The van der Waals surface area contributed by atoms with E-state index < -0.39 is 8.24 Å². The second kappa shape index (κ2) is 3.72. The summed E-state index contributed by atoms with van der Waals surface area (Å²) in [4.78, 5) is 0. The van der Waals surface area contributed by atoms with Crippen molar-refractivity contribution in [2.45, 2.75) is 19.6 Å². The van der Waals surface area contributed by atoms with E-state index in [0.29, 0.717) is 0 Å². The molecule has 13 heavy (non-hydrogen) atoms. The number of nitrogens with zero attached hydrogens (tertiary/aromatic N) is 1. The Balaban J connectivity index is 2.96. The summed E-state index contributed by atoms with van der Waals surface area (Å²) in [5.74, 6) is 0. The minimum absolute atomic E-state index is 0.808. The summed E-state index contributed by atoms with van der Waals surface area (Å²) in [6, 6.07) is 8.02. The van der Waals surface area contributed by atoms with Crippen molar-refractivity contribution >= 4 is 25.5 Å². The first-order chi connectivity index (χ1) is 5.91. The van der Waals surface area contributed by atoms with Crippen LogP contribution in [0.2, 0.25) is 24.7 Å². The van der Waals surface area contributed by atoms with Crippen LogP contribution in [0.4, 0.5) is 5.69 Å². The Kier molecular flexibility index (Phi) is 3.04. The van der Waals surface area contributed by atoms with Crippen molar-refractivity contribution < 1.29 is 0 Å². The van der Waals surface area contributed by atoms with Crippen LogP contribution in [0, 0.1) is 0 Å². The summed E-state index contributed by atoms with van der Waals surface area (Å²) in [6.45, 7) is 6.94. The van der Waals surface area contributed by atoms with E-state index in [9.17, 15) is 0 Å². The third kappa shape index (κ3) is 2.74. The molecule has 3 heteroatoms. The number of rotatable bonds is 2. The number of hydrogen-bond donors (Lipinski definition) is 0. The van der Waals surface area contributed by atoms with Gasteiger partial charge in [0, 0.05) is 10.7 Å². The predicted octanol–water partition coefficient (Wildman–Crippen LogP) is 3.61. The van der Waals surface area contributed by atoms with Gasteiger partial charge in [-0.25, -0.2) is 0 Å². The van der Waals surface area contributed by atoms with Crippen molar-refractivity contribution in [3.05, 3.63) is 29.3 Å². The molecule has 0 radical (unpaired) electrons. The molecule has 0 aliphatic heterocycles. The van der Waals surface area contributed by atoms with Gasteiger partial charge in [-0.15, -0.1) is 0 Å². The lowest BCUT2D eigenvalue weighted by Gasteiger charge is -2.32. The maximum absolute atomic E-state index is 5.93. The van der Waals surface area contributed by atoms with E-state index in [2.05, 4.69) is 37.3 Å². The van der Waals surface area contributed by atoms with Crippen LogP contribution in [-0.2, 0) is 0 Å². The Morgan fingerprint density at radius 3 is 2.31 bits per heavy atom. The normalized spacial score (nSPS) is 11.5. The molecular formula is C10H16ClNSi. The zero-order valence-electron chi connectivity index (χ0n) is 8.63. The lowest BCUT2D eigenvalue weighted by atomic mass is 10.3. The molecule has 0 saturated carbocycles. The zero-order valence-corrected chi connectivity index (χ0v) is 10.4. The maximum Gasteiger partial charge on any atom is 0.147 e. The quantitative estimate of drug-likeness (QED) is 0.679. The number of anilines is 1. The van der Waals surface area contributed by atoms with Crippen LogP contribution in [0.5, 0.6) is 0 Å². The first-order valence-electron chi connectivity index (χ1n) is 4.40. The third-order valence-corrected chi connectivity index (χ3v) is 4.71. The second-order valence-electron chi connectivity index (χ2n) is 4.21. The molecule has 0 aliphatic rings. The van der Waals surface area contributed by atoms with Crippen molar-refractivity contribution in [1.29, 1.82) is 0 Å². The van der Waals surface area contributed by atoms with Gasteiger partial charge in [-0.3, -0.25) is 0 Å². The van der Waals surface area contributed by atoms with Crippen molar-refractivity contribution in [2.24, 2.45) is 0 Å². The largest absolute Gasteiger partial charge is 0.401 e. The molecule has 72 valence electrons. The molecule has 0 saturated heterocycles. The Labute approximate surface area is 86.4 Å². The first kappa shape index (κ1) is 10.6. The highest BCUT2D eigenvalue weighted by Crippen LogP contribution is 2.22. The molecule has 1 nitrogen and oxygen atoms in total. The van der Waals surface area contributed by atoms with Crippen LogP contribution in [0.3, 0.4) is 0 Å². The molecule has 0 fully saturated rings. The molecule has 0 unspecified atom stereocenters. The Bertz CT molecular complexity index is 293. The number of halogens is 1. The smallest absolute Gasteiger partial charge is 0.147 e. The van der Waals surface area contributed by atoms with Gasteiger partial charge in [0.15, 0.2) is 0 Å². The van der Waals surface area contributed by atoms with Gasteiger partial charge < -0.3 is 4.57 Å². The molecule has 0 atom stereocenters. The fourth-order valence-corrected chi connectivity index (χ4v) is 2.17. The summed E-state index contributed by atoms with van der Waals surface area (Å²) in [5.41, 5.74) is 1.21. The predicted molar refractivity (Wildman–Crippen MR) is 63.2 cm³/mol. The summed E-state index contributed by atoms with van der Waals surface area (Å²) in [7, 11) is 0.887. The fraction of sp³-hybridized carbons (Fsp3) is 0.400. The topological polar surface area (TPSA) is 3.24 Å². The van der Waals surface area contributed by atoms with Crippen LogP contribution in [0.1, 0.15) is 0 Å². The highest BCUT2D eigenvalue weighted by Gasteiger charge is 2.20. The molecule has 0 heterocycles. The van der Waals surface area contributed by atoms with E-state index in [1.54, 1.807) is 0 Å². The number of benzene rings is 1. The first-order valence-corrected chi connectivity index (χ1v) is 8.23. The average Bonchev–Trinajstić information content (AvgIpc) is 2.01. The van der Waals surface area contributed by atoms with Crippen LogP contribution in [-0.4, -0.2) is 15.3 Å². The minimum atomic E-state index is -1.25. The lowest BCUT2D eigenvalue weighted by Crippen LogP contribution is -2.43. The molecule has 0 bridgehead atoms. The van der Waals surface area contributed by atoms with E-state index >= 15 is 0 Å².